The second-order valence-electron chi connectivity index (χ2n) is 4.56. The Kier molecular flexibility index (Phi) is 3.28. The first kappa shape index (κ1) is 13.1. The van der Waals surface area contributed by atoms with E-state index in [-0.39, 0.29) is 16.6 Å². The van der Waals surface area contributed by atoms with Crippen molar-refractivity contribution < 1.29 is 13.9 Å². The molecule has 1 aromatic heterocycles. The maximum Gasteiger partial charge on any atom is 0.308 e. The Bertz CT molecular complexity index is 863. The van der Waals surface area contributed by atoms with Crippen molar-refractivity contribution in [2.75, 3.05) is 0 Å². The molecule has 0 aliphatic carbocycles. The van der Waals surface area contributed by atoms with Crippen molar-refractivity contribution in [1.82, 2.24) is 0 Å². The van der Waals surface area contributed by atoms with Gasteiger partial charge in [-0.15, -0.1) is 0 Å². The Morgan fingerprint density at radius 3 is 2.52 bits per heavy atom. The highest BCUT2D eigenvalue weighted by Crippen LogP contribution is 2.27. The average Bonchev–Trinajstić information content (AvgIpc) is 2.47. The van der Waals surface area contributed by atoms with Crippen molar-refractivity contribution in [2.24, 2.45) is 0 Å². The molecule has 3 aromatic rings. The van der Waals surface area contributed by atoms with Crippen LogP contribution in [-0.4, -0.2) is 5.97 Å². The van der Waals surface area contributed by atoms with Crippen LogP contribution in [0.3, 0.4) is 0 Å². The van der Waals surface area contributed by atoms with E-state index in [2.05, 4.69) is 0 Å². The van der Waals surface area contributed by atoms with Crippen LogP contribution in [0.15, 0.2) is 63.8 Å². The van der Waals surface area contributed by atoms with Crippen LogP contribution in [0.4, 0.5) is 0 Å². The second kappa shape index (κ2) is 5.25. The number of esters is 1. The van der Waals surface area contributed by atoms with Gasteiger partial charge in [0.2, 0.25) is 0 Å². The number of fused-ring (bicyclic) bond motifs is 1. The highest BCUT2D eigenvalue weighted by Gasteiger charge is 2.12. The van der Waals surface area contributed by atoms with Crippen LogP contribution in [0.2, 0.25) is 0 Å². The van der Waals surface area contributed by atoms with Crippen LogP contribution in [0.5, 0.6) is 5.75 Å². The van der Waals surface area contributed by atoms with E-state index >= 15 is 0 Å². The van der Waals surface area contributed by atoms with Gasteiger partial charge in [-0.3, -0.25) is 9.59 Å². The normalized spacial score (nSPS) is 10.5. The molecule has 4 heteroatoms. The van der Waals surface area contributed by atoms with Crippen molar-refractivity contribution in [3.63, 3.8) is 0 Å². The lowest BCUT2D eigenvalue weighted by Crippen LogP contribution is -2.07. The lowest BCUT2D eigenvalue weighted by Gasteiger charge is -2.06. The molecule has 1 heterocycles. The van der Waals surface area contributed by atoms with Gasteiger partial charge in [-0.2, -0.15) is 0 Å². The van der Waals surface area contributed by atoms with Gasteiger partial charge in [0.1, 0.15) is 22.5 Å². The Morgan fingerprint density at radius 2 is 1.81 bits per heavy atom. The predicted octanol–water partition coefficient (Wildman–Crippen LogP) is 3.39. The molecular weight excluding hydrogens is 268 g/mol. The minimum atomic E-state index is -0.478. The van der Waals surface area contributed by atoms with E-state index in [9.17, 15) is 9.59 Å². The molecule has 0 aliphatic rings. The topological polar surface area (TPSA) is 56.5 Å². The zero-order valence-electron chi connectivity index (χ0n) is 11.3. The number of ether oxygens (including phenoxy) is 1. The third-order valence-corrected chi connectivity index (χ3v) is 3.03. The predicted molar refractivity (Wildman–Crippen MR) is 79.2 cm³/mol. The molecule has 104 valence electrons. The molecule has 0 bridgehead atoms. The Balaban J connectivity index is 2.23. The van der Waals surface area contributed by atoms with E-state index in [0.717, 1.165) is 5.56 Å². The van der Waals surface area contributed by atoms with Crippen LogP contribution >= 0.6 is 0 Å². The van der Waals surface area contributed by atoms with Crippen LogP contribution in [-0.2, 0) is 4.79 Å². The largest absolute Gasteiger partial charge is 0.456 e. The summed E-state index contributed by atoms with van der Waals surface area (Å²) >= 11 is 0. The number of benzene rings is 2. The molecule has 0 radical (unpaired) electrons. The van der Waals surface area contributed by atoms with Gasteiger partial charge in [0.25, 0.3) is 0 Å². The number of rotatable bonds is 2. The fraction of sp³-hybridized carbons (Fsp3) is 0.0588. The molecule has 4 nitrogen and oxygen atoms in total. The molecule has 3 rings (SSSR count). The first-order valence-electron chi connectivity index (χ1n) is 6.46. The second-order valence-corrected chi connectivity index (χ2v) is 4.56. The standard InChI is InChI=1S/C17H12O4/c1-11(18)20-14-8-5-9-15-17(14)13(19)10-16(21-15)12-6-3-2-4-7-12/h2-10H,1H3. The van der Waals surface area contributed by atoms with E-state index in [1.54, 1.807) is 18.2 Å². The Morgan fingerprint density at radius 1 is 1.05 bits per heavy atom. The van der Waals surface area contributed by atoms with Crippen molar-refractivity contribution in [1.29, 1.82) is 0 Å². The van der Waals surface area contributed by atoms with Gasteiger partial charge in [-0.25, -0.2) is 0 Å². The van der Waals surface area contributed by atoms with E-state index in [0.29, 0.717) is 11.3 Å². The number of hydrogen-bond donors (Lipinski definition) is 0. The maximum absolute atomic E-state index is 12.3. The molecule has 0 aliphatic heterocycles. The summed E-state index contributed by atoms with van der Waals surface area (Å²) in [5, 5.41) is 0.271. The van der Waals surface area contributed by atoms with E-state index in [4.69, 9.17) is 9.15 Å². The molecule has 21 heavy (non-hydrogen) atoms. The fourth-order valence-electron chi connectivity index (χ4n) is 2.16. The molecular formula is C17H12O4. The summed E-state index contributed by atoms with van der Waals surface area (Å²) in [7, 11) is 0. The van der Waals surface area contributed by atoms with Crippen LogP contribution in [0, 0.1) is 0 Å². The molecule has 0 N–H and O–H groups in total. The van der Waals surface area contributed by atoms with Gasteiger partial charge in [0.15, 0.2) is 5.43 Å². The third-order valence-electron chi connectivity index (χ3n) is 3.03. The van der Waals surface area contributed by atoms with E-state index in [1.807, 2.05) is 30.3 Å². The minimum absolute atomic E-state index is 0.216. The molecule has 2 aromatic carbocycles. The Hall–Kier alpha value is -2.88. The number of hydrogen-bond acceptors (Lipinski definition) is 4. The first-order chi connectivity index (χ1) is 10.1. The summed E-state index contributed by atoms with van der Waals surface area (Å²) in [4.78, 5) is 23.4. The minimum Gasteiger partial charge on any atom is -0.456 e. The Labute approximate surface area is 120 Å². The molecule has 0 atom stereocenters. The lowest BCUT2D eigenvalue weighted by molar-refractivity contribution is -0.131. The summed E-state index contributed by atoms with van der Waals surface area (Å²) in [6, 6.07) is 15.7. The van der Waals surface area contributed by atoms with E-state index < -0.39 is 5.97 Å². The van der Waals surface area contributed by atoms with Gasteiger partial charge in [0, 0.05) is 18.6 Å². The molecule has 0 spiro atoms. The fourth-order valence-corrected chi connectivity index (χ4v) is 2.16. The van der Waals surface area contributed by atoms with Gasteiger partial charge in [-0.05, 0) is 12.1 Å². The molecule has 0 unspecified atom stereocenters. The number of carbonyl (C=O) groups excluding carboxylic acids is 1. The van der Waals surface area contributed by atoms with Crippen LogP contribution in [0.1, 0.15) is 6.92 Å². The van der Waals surface area contributed by atoms with Crippen LogP contribution in [0.25, 0.3) is 22.3 Å². The van der Waals surface area contributed by atoms with E-state index in [1.165, 1.54) is 13.0 Å². The third kappa shape index (κ3) is 2.56. The highest BCUT2D eigenvalue weighted by molar-refractivity contribution is 5.87. The van der Waals surface area contributed by atoms with Crippen molar-refractivity contribution in [3.05, 3.63) is 64.8 Å². The van der Waals surface area contributed by atoms with Gasteiger partial charge < -0.3 is 9.15 Å². The maximum atomic E-state index is 12.3. The monoisotopic (exact) mass is 280 g/mol. The summed E-state index contributed by atoms with van der Waals surface area (Å²) in [5.41, 5.74) is 0.960. The van der Waals surface area contributed by atoms with Crippen LogP contribution < -0.4 is 10.2 Å². The first-order valence-corrected chi connectivity index (χ1v) is 6.46. The van der Waals surface area contributed by atoms with Crippen molar-refractivity contribution in [2.45, 2.75) is 6.92 Å². The average molecular weight is 280 g/mol. The van der Waals surface area contributed by atoms with Crippen molar-refractivity contribution in [3.8, 4) is 17.1 Å². The molecule has 0 saturated heterocycles. The SMILES string of the molecule is CC(=O)Oc1cccc2oc(-c3ccccc3)cc(=O)c12. The summed E-state index contributed by atoms with van der Waals surface area (Å²) in [6.07, 6.45) is 0. The smallest absolute Gasteiger partial charge is 0.308 e. The highest BCUT2D eigenvalue weighted by atomic mass is 16.5. The summed E-state index contributed by atoms with van der Waals surface area (Å²) < 4.78 is 10.8. The molecule has 0 fully saturated rings. The van der Waals surface area contributed by atoms with Crippen molar-refractivity contribution >= 4 is 16.9 Å². The molecule has 0 amide bonds. The summed E-state index contributed by atoms with van der Waals surface area (Å²) in [5.74, 6) is 0.218. The summed E-state index contributed by atoms with van der Waals surface area (Å²) in [6.45, 7) is 1.29. The van der Waals surface area contributed by atoms with Gasteiger partial charge in [0.05, 0.1) is 0 Å². The zero-order valence-corrected chi connectivity index (χ0v) is 11.3. The molecule has 0 saturated carbocycles. The number of carbonyl (C=O) groups is 1. The van der Waals surface area contributed by atoms with Gasteiger partial charge in [-0.1, -0.05) is 36.4 Å². The zero-order chi connectivity index (χ0) is 14.8. The quantitative estimate of drug-likeness (QED) is 0.533. The lowest BCUT2D eigenvalue weighted by atomic mass is 10.1. The van der Waals surface area contributed by atoms with Gasteiger partial charge >= 0.3 is 5.97 Å².